The molecule has 1 amide bonds. The summed E-state index contributed by atoms with van der Waals surface area (Å²) in [5, 5.41) is 10.5. The van der Waals surface area contributed by atoms with E-state index in [1.54, 1.807) is 13.0 Å². The lowest BCUT2D eigenvalue weighted by atomic mass is 9.86. The normalized spacial score (nSPS) is 22.1. The fourth-order valence-electron chi connectivity index (χ4n) is 3.22. The van der Waals surface area contributed by atoms with Crippen LogP contribution >= 0.6 is 0 Å². The number of fused-ring (bicyclic) bond motifs is 1. The third-order valence-electron chi connectivity index (χ3n) is 4.76. The molecule has 0 bridgehead atoms. The first-order chi connectivity index (χ1) is 11.6. The highest BCUT2D eigenvalue weighted by atomic mass is 16.5. The van der Waals surface area contributed by atoms with E-state index in [0.717, 1.165) is 24.8 Å². The molecule has 1 aromatic carbocycles. The molecule has 1 aromatic heterocycles. The van der Waals surface area contributed by atoms with Gasteiger partial charge in [0.15, 0.2) is 11.8 Å². The van der Waals surface area contributed by atoms with Gasteiger partial charge in [-0.25, -0.2) is 4.79 Å². The fraction of sp³-hybridized carbons (Fsp3) is 0.500. The smallest absolute Gasteiger partial charge is 0.360 e. The van der Waals surface area contributed by atoms with Gasteiger partial charge in [-0.3, -0.25) is 9.89 Å². The number of carbonyl (C=O) groups excluding carboxylic acids is 2. The van der Waals surface area contributed by atoms with Crippen molar-refractivity contribution in [2.45, 2.75) is 51.7 Å². The summed E-state index contributed by atoms with van der Waals surface area (Å²) < 4.78 is 5.31. The van der Waals surface area contributed by atoms with Crippen LogP contribution in [-0.4, -0.2) is 34.2 Å². The van der Waals surface area contributed by atoms with E-state index < -0.39 is 12.1 Å². The minimum absolute atomic E-state index is 0.165. The zero-order chi connectivity index (χ0) is 17.1. The first-order valence-electron chi connectivity index (χ1n) is 8.50. The lowest BCUT2D eigenvalue weighted by Crippen LogP contribution is -2.46. The SMILES string of the molecule is C[C@H](OC(=O)c1n[nH]c2ccccc12)C(=O)N[C@@H]1CCCC[C@H]1C. The van der Waals surface area contributed by atoms with Gasteiger partial charge in [0.05, 0.1) is 5.52 Å². The van der Waals surface area contributed by atoms with Crippen molar-refractivity contribution in [3.8, 4) is 0 Å². The van der Waals surface area contributed by atoms with Crippen molar-refractivity contribution in [3.63, 3.8) is 0 Å². The Morgan fingerprint density at radius 1 is 1.29 bits per heavy atom. The molecule has 1 saturated carbocycles. The van der Waals surface area contributed by atoms with Crippen molar-refractivity contribution in [1.29, 1.82) is 0 Å². The number of benzene rings is 1. The average molecular weight is 329 g/mol. The van der Waals surface area contributed by atoms with Crippen molar-refractivity contribution in [1.82, 2.24) is 15.5 Å². The van der Waals surface area contributed by atoms with E-state index in [1.807, 2.05) is 18.2 Å². The Morgan fingerprint density at radius 2 is 2.04 bits per heavy atom. The maximum Gasteiger partial charge on any atom is 0.360 e. The van der Waals surface area contributed by atoms with Gasteiger partial charge in [-0.15, -0.1) is 0 Å². The predicted octanol–water partition coefficient (Wildman–Crippen LogP) is 2.80. The van der Waals surface area contributed by atoms with Crippen LogP contribution in [0.25, 0.3) is 10.9 Å². The zero-order valence-corrected chi connectivity index (χ0v) is 14.0. The number of esters is 1. The summed E-state index contributed by atoms with van der Waals surface area (Å²) in [5.41, 5.74) is 0.967. The summed E-state index contributed by atoms with van der Waals surface area (Å²) in [5.74, 6) is -0.380. The van der Waals surface area contributed by atoms with Crippen LogP contribution in [-0.2, 0) is 9.53 Å². The number of nitrogens with zero attached hydrogens (tertiary/aromatic N) is 1. The van der Waals surface area contributed by atoms with Gasteiger partial charge in [0, 0.05) is 11.4 Å². The summed E-state index contributed by atoms with van der Waals surface area (Å²) >= 11 is 0. The molecule has 24 heavy (non-hydrogen) atoms. The van der Waals surface area contributed by atoms with Crippen molar-refractivity contribution in [3.05, 3.63) is 30.0 Å². The Morgan fingerprint density at radius 3 is 2.83 bits per heavy atom. The third kappa shape index (κ3) is 3.42. The number of H-pyrrole nitrogens is 1. The lowest BCUT2D eigenvalue weighted by Gasteiger charge is -2.30. The van der Waals surface area contributed by atoms with Gasteiger partial charge in [0.25, 0.3) is 5.91 Å². The van der Waals surface area contributed by atoms with Crippen molar-refractivity contribution >= 4 is 22.8 Å². The van der Waals surface area contributed by atoms with Gasteiger partial charge in [-0.1, -0.05) is 38.0 Å². The second-order valence-electron chi connectivity index (χ2n) is 6.54. The van der Waals surface area contributed by atoms with Crippen LogP contribution in [0.4, 0.5) is 0 Å². The van der Waals surface area contributed by atoms with E-state index in [9.17, 15) is 9.59 Å². The Labute approximate surface area is 141 Å². The van der Waals surface area contributed by atoms with E-state index >= 15 is 0 Å². The van der Waals surface area contributed by atoms with Crippen LogP contribution < -0.4 is 5.32 Å². The van der Waals surface area contributed by atoms with Gasteiger partial charge in [0.1, 0.15) is 0 Å². The number of hydrogen-bond acceptors (Lipinski definition) is 4. The maximum atomic E-state index is 12.3. The second-order valence-corrected chi connectivity index (χ2v) is 6.54. The standard InChI is InChI=1S/C18H23N3O3/c1-11-7-3-5-9-14(11)19-17(22)12(2)24-18(23)16-13-8-4-6-10-15(13)20-21-16/h4,6,8,10-12,14H,3,5,7,9H2,1-2H3,(H,19,22)(H,20,21)/t11-,12+,14-/m1/s1. The Kier molecular flexibility index (Phi) is 4.83. The molecule has 6 heteroatoms. The van der Waals surface area contributed by atoms with Gasteiger partial charge in [0.2, 0.25) is 0 Å². The maximum absolute atomic E-state index is 12.3. The van der Waals surface area contributed by atoms with Crippen LogP contribution in [0.1, 0.15) is 50.0 Å². The molecular formula is C18H23N3O3. The largest absolute Gasteiger partial charge is 0.448 e. The summed E-state index contributed by atoms with van der Waals surface area (Å²) in [6, 6.07) is 7.48. The van der Waals surface area contributed by atoms with E-state index in [4.69, 9.17) is 4.74 Å². The molecular weight excluding hydrogens is 306 g/mol. The third-order valence-corrected chi connectivity index (χ3v) is 4.76. The van der Waals surface area contributed by atoms with E-state index in [-0.39, 0.29) is 17.6 Å². The van der Waals surface area contributed by atoms with Gasteiger partial charge >= 0.3 is 5.97 Å². The number of para-hydroxylation sites is 1. The predicted molar refractivity (Wildman–Crippen MR) is 90.5 cm³/mol. The number of aromatic nitrogens is 2. The van der Waals surface area contributed by atoms with Crippen LogP contribution in [0, 0.1) is 5.92 Å². The monoisotopic (exact) mass is 329 g/mol. The van der Waals surface area contributed by atoms with Gasteiger partial charge in [-0.2, -0.15) is 5.10 Å². The second kappa shape index (κ2) is 7.03. The Hall–Kier alpha value is -2.37. The molecule has 2 N–H and O–H groups in total. The minimum atomic E-state index is -0.845. The molecule has 1 fully saturated rings. The van der Waals surface area contributed by atoms with Crippen molar-refractivity contribution in [2.75, 3.05) is 0 Å². The number of carbonyl (C=O) groups is 2. The van der Waals surface area contributed by atoms with Crippen molar-refractivity contribution in [2.24, 2.45) is 5.92 Å². The zero-order valence-electron chi connectivity index (χ0n) is 14.0. The Bertz CT molecular complexity index is 740. The summed E-state index contributed by atoms with van der Waals surface area (Å²) in [6.45, 7) is 3.74. The molecule has 1 heterocycles. The van der Waals surface area contributed by atoms with E-state index in [2.05, 4.69) is 22.4 Å². The van der Waals surface area contributed by atoms with Gasteiger partial charge in [-0.05, 0) is 31.7 Å². The van der Waals surface area contributed by atoms with Crippen LogP contribution in [0.3, 0.4) is 0 Å². The first-order valence-corrected chi connectivity index (χ1v) is 8.50. The summed E-state index contributed by atoms with van der Waals surface area (Å²) in [4.78, 5) is 24.6. The number of hydrogen-bond donors (Lipinski definition) is 2. The van der Waals surface area contributed by atoms with Crippen LogP contribution in [0.5, 0.6) is 0 Å². The highest BCUT2D eigenvalue weighted by Gasteiger charge is 2.27. The molecule has 3 atom stereocenters. The molecule has 6 nitrogen and oxygen atoms in total. The van der Waals surface area contributed by atoms with Crippen LogP contribution in [0.2, 0.25) is 0 Å². The molecule has 2 aromatic rings. The molecule has 0 spiro atoms. The topological polar surface area (TPSA) is 84.1 Å². The molecule has 1 aliphatic carbocycles. The molecule has 0 radical (unpaired) electrons. The van der Waals surface area contributed by atoms with Crippen molar-refractivity contribution < 1.29 is 14.3 Å². The Balaban J connectivity index is 1.62. The molecule has 0 unspecified atom stereocenters. The number of aromatic amines is 1. The summed E-state index contributed by atoms with van der Waals surface area (Å²) in [6.07, 6.45) is 3.60. The minimum Gasteiger partial charge on any atom is -0.448 e. The first kappa shape index (κ1) is 16.5. The molecule has 0 saturated heterocycles. The average Bonchev–Trinajstić information content (AvgIpc) is 3.01. The number of nitrogens with one attached hydrogen (secondary N) is 2. The molecule has 3 rings (SSSR count). The molecule has 128 valence electrons. The van der Waals surface area contributed by atoms with E-state index in [0.29, 0.717) is 11.3 Å². The highest BCUT2D eigenvalue weighted by molar-refractivity contribution is 6.02. The number of rotatable bonds is 4. The molecule has 0 aliphatic heterocycles. The fourth-order valence-corrected chi connectivity index (χ4v) is 3.22. The number of ether oxygens (including phenoxy) is 1. The molecule has 1 aliphatic rings. The van der Waals surface area contributed by atoms with E-state index in [1.165, 1.54) is 6.42 Å². The summed E-state index contributed by atoms with van der Waals surface area (Å²) in [7, 11) is 0. The van der Waals surface area contributed by atoms with Gasteiger partial charge < -0.3 is 10.1 Å². The van der Waals surface area contributed by atoms with Crippen LogP contribution in [0.15, 0.2) is 24.3 Å². The highest BCUT2D eigenvalue weighted by Crippen LogP contribution is 2.24. The lowest BCUT2D eigenvalue weighted by molar-refractivity contribution is -0.130. The quantitative estimate of drug-likeness (QED) is 0.845. The number of amides is 1.